The molecule has 166 valence electrons. The predicted molar refractivity (Wildman–Crippen MR) is 119 cm³/mol. The molecular weight excluding hydrogens is 356 g/mol. The van der Waals surface area contributed by atoms with Gasteiger partial charge in [-0.05, 0) is 85.9 Å². The second-order valence-electron chi connectivity index (χ2n) is 12.8. The highest BCUT2D eigenvalue weighted by atomic mass is 16.6. The molecule has 0 aromatic heterocycles. The number of hydrogen-bond donors (Lipinski definition) is 1. The van der Waals surface area contributed by atoms with Crippen molar-refractivity contribution >= 4 is 0 Å². The Hall–Kier alpha value is -0.0800. The van der Waals surface area contributed by atoms with E-state index < -0.39 is 0 Å². The lowest BCUT2D eigenvalue weighted by atomic mass is 9.43. The van der Waals surface area contributed by atoms with Gasteiger partial charge in [0.1, 0.15) is 5.60 Å². The monoisotopic (exact) mass is 402 g/mol. The van der Waals surface area contributed by atoms with Crippen molar-refractivity contribution in [1.82, 2.24) is 0 Å². The molecule has 2 unspecified atom stereocenters. The summed E-state index contributed by atoms with van der Waals surface area (Å²) in [4.78, 5) is 0. The maximum atomic E-state index is 11.2. The SMILES string of the molecule is CC(C)CCC[C@@H](C)[C@H]1CC[C@@H]2[C@]1(C)CC[C@@H]1[C@@]3(C)C(O)CCCC3C[C@@H]3O[C@@]312. The number of aliphatic hydroxyl groups is 1. The smallest absolute Gasteiger partial charge is 0.102 e. The van der Waals surface area contributed by atoms with Gasteiger partial charge >= 0.3 is 0 Å². The number of epoxide rings is 1. The van der Waals surface area contributed by atoms with Crippen molar-refractivity contribution in [2.75, 3.05) is 0 Å². The standard InChI is InChI=1S/C27H46O2/c1-17(2)8-6-9-18(3)20-12-13-21-25(20,4)15-14-22-26(5)19(10-7-11-23(26)28)16-24-27(21,22)29-24/h17-24,28H,6-16H2,1-5H3/t18-,19?,20-,21-,22-,23?,24+,25-,26+,27-/m1/s1. The van der Waals surface area contributed by atoms with E-state index in [0.717, 1.165) is 30.1 Å². The van der Waals surface area contributed by atoms with Crippen LogP contribution in [0.2, 0.25) is 0 Å². The van der Waals surface area contributed by atoms with Crippen LogP contribution in [0.25, 0.3) is 0 Å². The predicted octanol–water partition coefficient (Wildman–Crippen LogP) is 6.60. The number of fused-ring (bicyclic) bond motifs is 3. The molecule has 0 bridgehead atoms. The van der Waals surface area contributed by atoms with Gasteiger partial charge in [0.05, 0.1) is 12.2 Å². The summed E-state index contributed by atoms with van der Waals surface area (Å²) in [6.07, 6.45) is 14.8. The molecule has 0 aromatic rings. The molecule has 1 N–H and O–H groups in total. The first kappa shape index (κ1) is 20.8. The first-order valence-electron chi connectivity index (χ1n) is 13.1. The van der Waals surface area contributed by atoms with Gasteiger partial charge in [0.2, 0.25) is 0 Å². The van der Waals surface area contributed by atoms with Crippen molar-refractivity contribution in [3.05, 3.63) is 0 Å². The molecule has 1 aliphatic heterocycles. The Bertz CT molecular complexity index is 630. The number of ether oxygens (including phenoxy) is 1. The van der Waals surface area contributed by atoms with Crippen LogP contribution in [-0.4, -0.2) is 22.9 Å². The van der Waals surface area contributed by atoms with Crippen molar-refractivity contribution in [1.29, 1.82) is 0 Å². The summed E-state index contributed by atoms with van der Waals surface area (Å²) in [7, 11) is 0. The van der Waals surface area contributed by atoms with Gasteiger partial charge in [-0.3, -0.25) is 0 Å². The maximum absolute atomic E-state index is 11.2. The summed E-state index contributed by atoms with van der Waals surface area (Å²) in [6.45, 7) is 12.4. The van der Waals surface area contributed by atoms with Crippen LogP contribution >= 0.6 is 0 Å². The first-order valence-corrected chi connectivity index (χ1v) is 13.1. The van der Waals surface area contributed by atoms with Crippen LogP contribution in [0.5, 0.6) is 0 Å². The summed E-state index contributed by atoms with van der Waals surface area (Å²) in [5.41, 5.74) is 0.696. The summed E-state index contributed by atoms with van der Waals surface area (Å²) < 4.78 is 6.78. The molecule has 0 aromatic carbocycles. The van der Waals surface area contributed by atoms with Crippen LogP contribution in [0.1, 0.15) is 105 Å². The number of hydrogen-bond acceptors (Lipinski definition) is 2. The summed E-state index contributed by atoms with van der Waals surface area (Å²) in [6, 6.07) is 0. The quantitative estimate of drug-likeness (QED) is 0.525. The fraction of sp³-hybridized carbons (Fsp3) is 1.00. The van der Waals surface area contributed by atoms with Crippen LogP contribution in [-0.2, 0) is 4.74 Å². The lowest BCUT2D eigenvalue weighted by Gasteiger charge is -2.60. The molecule has 2 heteroatoms. The Labute approximate surface area is 179 Å². The van der Waals surface area contributed by atoms with E-state index in [1.807, 2.05) is 0 Å². The van der Waals surface area contributed by atoms with Gasteiger partial charge in [-0.1, -0.05) is 60.3 Å². The van der Waals surface area contributed by atoms with Gasteiger partial charge in [0.15, 0.2) is 0 Å². The maximum Gasteiger partial charge on any atom is 0.102 e. The van der Waals surface area contributed by atoms with Gasteiger partial charge < -0.3 is 9.84 Å². The van der Waals surface area contributed by atoms with Gasteiger partial charge in [-0.2, -0.15) is 0 Å². The minimum Gasteiger partial charge on any atom is -0.393 e. The van der Waals surface area contributed by atoms with Gasteiger partial charge in [0.25, 0.3) is 0 Å². The van der Waals surface area contributed by atoms with Gasteiger partial charge in [-0.15, -0.1) is 0 Å². The lowest BCUT2D eigenvalue weighted by Crippen LogP contribution is -2.62. The van der Waals surface area contributed by atoms with Crippen LogP contribution in [0, 0.1) is 46.3 Å². The summed E-state index contributed by atoms with van der Waals surface area (Å²) >= 11 is 0. The van der Waals surface area contributed by atoms with E-state index in [2.05, 4.69) is 34.6 Å². The molecule has 5 rings (SSSR count). The molecule has 1 spiro atoms. The van der Waals surface area contributed by atoms with Crippen molar-refractivity contribution in [2.45, 2.75) is 123 Å². The minimum atomic E-state index is -0.107. The second kappa shape index (κ2) is 6.96. The topological polar surface area (TPSA) is 32.8 Å². The normalized spacial score (nSPS) is 54.3. The highest BCUT2D eigenvalue weighted by molar-refractivity contribution is 5.26. The van der Waals surface area contributed by atoms with Crippen molar-refractivity contribution < 1.29 is 9.84 Å². The fourth-order valence-electron chi connectivity index (χ4n) is 9.73. The Morgan fingerprint density at radius 3 is 2.52 bits per heavy atom. The zero-order valence-electron chi connectivity index (χ0n) is 19.8. The Morgan fingerprint density at radius 2 is 1.76 bits per heavy atom. The molecule has 0 radical (unpaired) electrons. The molecule has 2 nitrogen and oxygen atoms in total. The third-order valence-electron chi connectivity index (χ3n) is 11.3. The zero-order valence-corrected chi connectivity index (χ0v) is 19.8. The van der Waals surface area contributed by atoms with Gasteiger partial charge in [0, 0.05) is 5.41 Å². The summed E-state index contributed by atoms with van der Waals surface area (Å²) in [5, 5.41) is 11.2. The number of rotatable bonds is 5. The van der Waals surface area contributed by atoms with Crippen molar-refractivity contribution in [2.24, 2.45) is 46.3 Å². The minimum absolute atomic E-state index is 0.105. The molecule has 10 atom stereocenters. The lowest BCUT2D eigenvalue weighted by molar-refractivity contribution is -0.154. The Morgan fingerprint density at radius 1 is 0.966 bits per heavy atom. The Kier molecular flexibility index (Phi) is 4.99. The highest BCUT2D eigenvalue weighted by Crippen LogP contribution is 2.76. The van der Waals surface area contributed by atoms with E-state index in [9.17, 15) is 5.11 Å². The molecule has 5 fully saturated rings. The molecule has 0 amide bonds. The van der Waals surface area contributed by atoms with Crippen molar-refractivity contribution in [3.8, 4) is 0 Å². The molecular formula is C27H46O2. The molecule has 5 aliphatic rings. The van der Waals surface area contributed by atoms with E-state index in [-0.39, 0.29) is 17.1 Å². The second-order valence-corrected chi connectivity index (χ2v) is 12.8. The highest BCUT2D eigenvalue weighted by Gasteiger charge is 2.79. The van der Waals surface area contributed by atoms with Crippen LogP contribution < -0.4 is 0 Å². The van der Waals surface area contributed by atoms with E-state index in [0.29, 0.717) is 23.4 Å². The number of aliphatic hydroxyl groups excluding tert-OH is 1. The molecule has 29 heavy (non-hydrogen) atoms. The van der Waals surface area contributed by atoms with E-state index >= 15 is 0 Å². The van der Waals surface area contributed by atoms with Gasteiger partial charge in [-0.25, -0.2) is 0 Å². The third-order valence-corrected chi connectivity index (χ3v) is 11.3. The summed E-state index contributed by atoms with van der Waals surface area (Å²) in [5.74, 6) is 4.59. The molecule has 4 aliphatic carbocycles. The van der Waals surface area contributed by atoms with Crippen LogP contribution in [0.15, 0.2) is 0 Å². The van der Waals surface area contributed by atoms with E-state index in [4.69, 9.17) is 4.74 Å². The van der Waals surface area contributed by atoms with E-state index in [1.165, 1.54) is 64.2 Å². The Balaban J connectivity index is 1.37. The fourth-order valence-corrected chi connectivity index (χ4v) is 9.73. The van der Waals surface area contributed by atoms with Crippen LogP contribution in [0.4, 0.5) is 0 Å². The molecule has 4 saturated carbocycles. The largest absolute Gasteiger partial charge is 0.393 e. The van der Waals surface area contributed by atoms with Crippen molar-refractivity contribution in [3.63, 3.8) is 0 Å². The first-order chi connectivity index (χ1) is 13.7. The third kappa shape index (κ3) is 2.80. The van der Waals surface area contributed by atoms with E-state index in [1.54, 1.807) is 0 Å². The average Bonchev–Trinajstić information content (AvgIpc) is 3.23. The molecule has 1 heterocycles. The zero-order chi connectivity index (χ0) is 20.6. The molecule has 1 saturated heterocycles. The van der Waals surface area contributed by atoms with Crippen LogP contribution in [0.3, 0.4) is 0 Å². The average molecular weight is 403 g/mol.